The zero-order valence-electron chi connectivity index (χ0n) is 22.3. The van der Waals surface area contributed by atoms with Crippen molar-refractivity contribution >= 4 is 40.6 Å². The number of fused-ring (bicyclic) bond motifs is 1. The van der Waals surface area contributed by atoms with E-state index >= 15 is 0 Å². The number of carbonyl (C=O) groups is 5. The summed E-state index contributed by atoms with van der Waals surface area (Å²) in [5.41, 5.74) is 13.7. The highest BCUT2D eigenvalue weighted by Gasteiger charge is 2.38. The van der Waals surface area contributed by atoms with Gasteiger partial charge in [0, 0.05) is 30.1 Å². The summed E-state index contributed by atoms with van der Waals surface area (Å²) in [6.07, 6.45) is 3.60. The number of hydrogen-bond acceptors (Lipinski definition) is 7. The van der Waals surface area contributed by atoms with Gasteiger partial charge in [-0.1, -0.05) is 18.2 Å². The Morgan fingerprint density at radius 2 is 1.80 bits per heavy atom. The lowest BCUT2D eigenvalue weighted by molar-refractivity contribution is -0.144. The second-order valence-corrected chi connectivity index (χ2v) is 10.0. The van der Waals surface area contributed by atoms with Crippen LogP contribution in [0.25, 0.3) is 10.9 Å². The van der Waals surface area contributed by atoms with Crippen LogP contribution in [0.2, 0.25) is 0 Å². The van der Waals surface area contributed by atoms with E-state index < -0.39 is 54.3 Å². The summed E-state index contributed by atoms with van der Waals surface area (Å²) >= 11 is 0. The first-order chi connectivity index (χ1) is 19.1. The quantitative estimate of drug-likeness (QED) is 0.147. The third kappa shape index (κ3) is 8.02. The number of hydrogen-bond donors (Lipinski definition) is 7. The Labute approximate surface area is 231 Å². The number of nitrogens with one attached hydrogen (secondary N) is 3. The van der Waals surface area contributed by atoms with Gasteiger partial charge in [-0.25, -0.2) is 4.79 Å². The minimum Gasteiger partial charge on any atom is -0.481 e. The average Bonchev–Trinajstić information content (AvgIpc) is 3.57. The molecule has 3 amide bonds. The Kier molecular flexibility index (Phi) is 11.0. The number of aliphatic carboxylic acids is 2. The number of para-hydroxylation sites is 1. The van der Waals surface area contributed by atoms with E-state index in [9.17, 15) is 29.1 Å². The van der Waals surface area contributed by atoms with Crippen LogP contribution in [-0.4, -0.2) is 87.0 Å². The van der Waals surface area contributed by atoms with Gasteiger partial charge in [-0.2, -0.15) is 0 Å². The standard InChI is InChI=1S/C27H38N6O7/c28-12-4-3-8-20(24(36)32-21(27(39)40)10-11-23(34)35)31-25(37)22-9-5-13-33(22)26(38)18(29)14-16-15-30-19-7-2-1-6-17(16)19/h1-2,6-7,15,18,20-22,30H,3-5,8-14,28-29H2,(H,31,37)(H,32,36)(H,34,35)(H,39,40). The van der Waals surface area contributed by atoms with E-state index in [1.54, 1.807) is 0 Å². The number of aromatic amines is 1. The van der Waals surface area contributed by atoms with Crippen molar-refractivity contribution in [2.45, 2.75) is 75.5 Å². The average molecular weight is 559 g/mol. The Morgan fingerprint density at radius 3 is 2.50 bits per heavy atom. The van der Waals surface area contributed by atoms with Crippen LogP contribution in [0.5, 0.6) is 0 Å². The molecule has 0 spiro atoms. The fourth-order valence-electron chi connectivity index (χ4n) is 4.97. The smallest absolute Gasteiger partial charge is 0.326 e. The van der Waals surface area contributed by atoms with Crippen molar-refractivity contribution in [1.29, 1.82) is 0 Å². The molecule has 1 fully saturated rings. The van der Waals surface area contributed by atoms with Crippen molar-refractivity contribution < 1.29 is 34.2 Å². The fraction of sp³-hybridized carbons (Fsp3) is 0.519. The van der Waals surface area contributed by atoms with E-state index in [1.165, 1.54) is 4.90 Å². The summed E-state index contributed by atoms with van der Waals surface area (Å²) in [5.74, 6) is -4.21. The molecule has 9 N–H and O–H groups in total. The molecule has 2 aromatic rings. The van der Waals surface area contributed by atoms with Crippen molar-refractivity contribution in [2.75, 3.05) is 13.1 Å². The monoisotopic (exact) mass is 558 g/mol. The molecule has 4 atom stereocenters. The van der Waals surface area contributed by atoms with E-state index in [0.29, 0.717) is 38.8 Å². The lowest BCUT2D eigenvalue weighted by Gasteiger charge is -2.28. The van der Waals surface area contributed by atoms with Crippen LogP contribution in [0.3, 0.4) is 0 Å². The van der Waals surface area contributed by atoms with Crippen LogP contribution in [0.1, 0.15) is 50.5 Å². The molecule has 3 rings (SSSR count). The maximum absolute atomic E-state index is 13.3. The van der Waals surface area contributed by atoms with Crippen molar-refractivity contribution in [3.8, 4) is 0 Å². The molecule has 1 aliphatic rings. The lowest BCUT2D eigenvalue weighted by atomic mass is 10.0. The normalized spacial score (nSPS) is 17.2. The first kappa shape index (κ1) is 30.6. The molecule has 4 unspecified atom stereocenters. The molecule has 2 heterocycles. The van der Waals surface area contributed by atoms with Gasteiger partial charge in [-0.05, 0) is 63.1 Å². The number of H-pyrrole nitrogens is 1. The van der Waals surface area contributed by atoms with Gasteiger partial charge >= 0.3 is 11.9 Å². The van der Waals surface area contributed by atoms with Gasteiger partial charge < -0.3 is 42.2 Å². The minimum absolute atomic E-state index is 0.195. The van der Waals surface area contributed by atoms with Gasteiger partial charge in [0.15, 0.2) is 0 Å². The van der Waals surface area contributed by atoms with Crippen molar-refractivity contribution in [3.05, 3.63) is 36.0 Å². The molecule has 1 aromatic carbocycles. The van der Waals surface area contributed by atoms with Crippen molar-refractivity contribution in [1.82, 2.24) is 20.5 Å². The largest absolute Gasteiger partial charge is 0.481 e. The van der Waals surface area contributed by atoms with Gasteiger partial charge in [0.2, 0.25) is 17.7 Å². The number of carbonyl (C=O) groups excluding carboxylic acids is 3. The molecule has 0 bridgehead atoms. The Hall–Kier alpha value is -3.97. The number of carboxylic acids is 2. The zero-order valence-corrected chi connectivity index (χ0v) is 22.3. The molecular formula is C27H38N6O7. The van der Waals surface area contributed by atoms with Gasteiger partial charge in [0.05, 0.1) is 6.04 Å². The number of nitrogens with two attached hydrogens (primary N) is 2. The molecule has 40 heavy (non-hydrogen) atoms. The predicted octanol–water partition coefficient (Wildman–Crippen LogP) is 0.0767. The first-order valence-corrected chi connectivity index (χ1v) is 13.5. The molecular weight excluding hydrogens is 520 g/mol. The summed E-state index contributed by atoms with van der Waals surface area (Å²) < 4.78 is 0. The highest BCUT2D eigenvalue weighted by Crippen LogP contribution is 2.22. The Morgan fingerprint density at radius 1 is 1.05 bits per heavy atom. The van der Waals surface area contributed by atoms with Crippen LogP contribution < -0.4 is 22.1 Å². The summed E-state index contributed by atoms with van der Waals surface area (Å²) in [4.78, 5) is 66.6. The minimum atomic E-state index is -1.43. The molecule has 1 aromatic heterocycles. The van der Waals surface area contributed by atoms with Crippen LogP contribution in [-0.2, 0) is 30.4 Å². The number of aromatic nitrogens is 1. The fourth-order valence-corrected chi connectivity index (χ4v) is 4.97. The third-order valence-corrected chi connectivity index (χ3v) is 7.11. The molecule has 218 valence electrons. The Bertz CT molecular complexity index is 1210. The summed E-state index contributed by atoms with van der Waals surface area (Å²) in [5, 5.41) is 24.3. The maximum atomic E-state index is 13.3. The number of unbranched alkanes of at least 4 members (excludes halogenated alkanes) is 1. The van der Waals surface area contributed by atoms with E-state index in [0.717, 1.165) is 16.5 Å². The first-order valence-electron chi connectivity index (χ1n) is 13.5. The number of nitrogens with zero attached hydrogens (tertiary/aromatic N) is 1. The van der Waals surface area contributed by atoms with Gasteiger partial charge in [0.25, 0.3) is 0 Å². The van der Waals surface area contributed by atoms with Crippen LogP contribution >= 0.6 is 0 Å². The summed E-state index contributed by atoms with van der Waals surface area (Å²) in [6, 6.07) is 3.47. The van der Waals surface area contributed by atoms with Crippen molar-refractivity contribution in [3.63, 3.8) is 0 Å². The molecule has 0 radical (unpaired) electrons. The summed E-state index contributed by atoms with van der Waals surface area (Å²) in [6.45, 7) is 0.719. The van der Waals surface area contributed by atoms with Crippen LogP contribution in [0.15, 0.2) is 30.5 Å². The molecule has 13 heteroatoms. The SMILES string of the molecule is NCCCCC(NC(=O)C1CCCN1C(=O)C(N)Cc1c[nH]c2ccccc12)C(=O)NC(CCC(=O)O)C(=O)O. The molecule has 1 aliphatic heterocycles. The second-order valence-electron chi connectivity index (χ2n) is 10.0. The predicted molar refractivity (Wildman–Crippen MR) is 146 cm³/mol. The lowest BCUT2D eigenvalue weighted by Crippen LogP contribution is -2.56. The number of benzene rings is 1. The number of likely N-dealkylation sites (tertiary alicyclic amines) is 1. The molecule has 13 nitrogen and oxygen atoms in total. The number of carboxylic acid groups (broad SMARTS) is 2. The molecule has 1 saturated heterocycles. The Balaban J connectivity index is 1.67. The highest BCUT2D eigenvalue weighted by atomic mass is 16.4. The van der Waals surface area contributed by atoms with E-state index in [1.807, 2.05) is 30.5 Å². The summed E-state index contributed by atoms with van der Waals surface area (Å²) in [7, 11) is 0. The molecule has 0 aliphatic carbocycles. The van der Waals surface area contributed by atoms with Crippen LogP contribution in [0.4, 0.5) is 0 Å². The highest BCUT2D eigenvalue weighted by molar-refractivity contribution is 5.94. The van der Waals surface area contributed by atoms with Gasteiger partial charge in [0.1, 0.15) is 18.1 Å². The second kappa shape index (κ2) is 14.4. The zero-order chi connectivity index (χ0) is 29.2. The van der Waals surface area contributed by atoms with E-state index in [2.05, 4.69) is 15.6 Å². The maximum Gasteiger partial charge on any atom is 0.326 e. The van der Waals surface area contributed by atoms with Gasteiger partial charge in [-0.15, -0.1) is 0 Å². The van der Waals surface area contributed by atoms with Crippen LogP contribution in [0, 0.1) is 0 Å². The number of amides is 3. The topological polar surface area (TPSA) is 221 Å². The van der Waals surface area contributed by atoms with E-state index in [4.69, 9.17) is 16.6 Å². The number of rotatable bonds is 15. The van der Waals surface area contributed by atoms with E-state index in [-0.39, 0.29) is 25.2 Å². The van der Waals surface area contributed by atoms with Gasteiger partial charge in [-0.3, -0.25) is 19.2 Å². The van der Waals surface area contributed by atoms with Crippen molar-refractivity contribution in [2.24, 2.45) is 11.5 Å². The third-order valence-electron chi connectivity index (χ3n) is 7.11. The molecule has 0 saturated carbocycles.